The molecule has 2 fully saturated rings. The Balaban J connectivity index is 1.89. The first-order valence-electron chi connectivity index (χ1n) is 5.62. The quantitative estimate of drug-likeness (QED) is 0.713. The average molecular weight is 211 g/mol. The molecule has 0 bridgehead atoms. The molecule has 0 aromatic heterocycles. The largest absolute Gasteiger partial charge is 0.480 e. The lowest BCUT2D eigenvalue weighted by molar-refractivity contribution is -0.142. The summed E-state index contributed by atoms with van der Waals surface area (Å²) < 4.78 is 0. The van der Waals surface area contributed by atoms with Gasteiger partial charge in [-0.05, 0) is 44.4 Å². The van der Waals surface area contributed by atoms with Crippen molar-refractivity contribution >= 4 is 11.9 Å². The molecule has 2 N–H and O–H groups in total. The molecule has 0 saturated heterocycles. The number of aliphatic carboxylic acids is 1. The zero-order chi connectivity index (χ0) is 11.0. The molecular formula is C11H17NO3. The van der Waals surface area contributed by atoms with Crippen molar-refractivity contribution in [3.8, 4) is 0 Å². The maximum atomic E-state index is 11.8. The molecule has 4 heteroatoms. The van der Waals surface area contributed by atoms with E-state index in [2.05, 4.69) is 5.32 Å². The van der Waals surface area contributed by atoms with Gasteiger partial charge in [-0.15, -0.1) is 0 Å². The van der Waals surface area contributed by atoms with E-state index in [4.69, 9.17) is 5.11 Å². The van der Waals surface area contributed by atoms with Crippen molar-refractivity contribution in [3.05, 3.63) is 0 Å². The third kappa shape index (κ3) is 2.49. The van der Waals surface area contributed by atoms with Crippen LogP contribution in [0.1, 0.15) is 32.6 Å². The van der Waals surface area contributed by atoms with E-state index in [1.807, 2.05) is 0 Å². The van der Waals surface area contributed by atoms with Gasteiger partial charge in [-0.1, -0.05) is 0 Å². The van der Waals surface area contributed by atoms with E-state index < -0.39 is 12.0 Å². The van der Waals surface area contributed by atoms with E-state index in [1.165, 1.54) is 6.92 Å². The first kappa shape index (κ1) is 10.5. The third-order valence-electron chi connectivity index (χ3n) is 3.29. The van der Waals surface area contributed by atoms with Crippen LogP contribution in [0.15, 0.2) is 0 Å². The summed E-state index contributed by atoms with van der Waals surface area (Å²) in [6, 6.07) is -0.766. The molecule has 0 radical (unpaired) electrons. The molecule has 15 heavy (non-hydrogen) atoms. The van der Waals surface area contributed by atoms with E-state index in [-0.39, 0.29) is 11.8 Å². The van der Waals surface area contributed by atoms with Gasteiger partial charge >= 0.3 is 5.97 Å². The van der Waals surface area contributed by atoms with Crippen LogP contribution in [0.2, 0.25) is 0 Å². The van der Waals surface area contributed by atoms with Crippen molar-refractivity contribution in [1.82, 2.24) is 5.32 Å². The molecule has 0 heterocycles. The van der Waals surface area contributed by atoms with Crippen LogP contribution in [-0.2, 0) is 9.59 Å². The highest BCUT2D eigenvalue weighted by molar-refractivity contribution is 5.85. The Bertz CT molecular complexity index is 270. The summed E-state index contributed by atoms with van der Waals surface area (Å²) in [6.07, 6.45) is 4.54. The Kier molecular flexibility index (Phi) is 2.67. The number of carbonyl (C=O) groups excluding carboxylic acids is 1. The van der Waals surface area contributed by atoms with Gasteiger partial charge in [0.1, 0.15) is 6.04 Å². The summed E-state index contributed by atoms with van der Waals surface area (Å²) in [6.45, 7) is 1.51. The SMILES string of the molecule is C[C@H](NC(=O)C(C1CC1)C1CC1)C(=O)O. The Morgan fingerprint density at radius 2 is 1.67 bits per heavy atom. The highest BCUT2D eigenvalue weighted by Crippen LogP contribution is 2.49. The lowest BCUT2D eigenvalue weighted by Gasteiger charge is -2.17. The van der Waals surface area contributed by atoms with Crippen LogP contribution >= 0.6 is 0 Å². The summed E-state index contributed by atoms with van der Waals surface area (Å²) >= 11 is 0. The average Bonchev–Trinajstić information content (AvgIpc) is 2.97. The molecule has 0 aliphatic heterocycles. The molecule has 0 spiro atoms. The summed E-state index contributed by atoms with van der Waals surface area (Å²) in [7, 11) is 0. The zero-order valence-corrected chi connectivity index (χ0v) is 8.90. The maximum absolute atomic E-state index is 11.8. The fourth-order valence-corrected chi connectivity index (χ4v) is 2.10. The van der Waals surface area contributed by atoms with Crippen LogP contribution < -0.4 is 5.32 Å². The second-order valence-corrected chi connectivity index (χ2v) is 4.77. The number of carbonyl (C=O) groups is 2. The Morgan fingerprint density at radius 3 is 2.00 bits per heavy atom. The van der Waals surface area contributed by atoms with Gasteiger partial charge in [0.05, 0.1) is 0 Å². The highest BCUT2D eigenvalue weighted by atomic mass is 16.4. The van der Waals surface area contributed by atoms with Crippen LogP contribution in [0.3, 0.4) is 0 Å². The number of amides is 1. The Labute approximate surface area is 89.0 Å². The number of hydrogen-bond acceptors (Lipinski definition) is 2. The minimum absolute atomic E-state index is 0.0464. The van der Waals surface area contributed by atoms with Gasteiger partial charge in [-0.2, -0.15) is 0 Å². The molecule has 2 saturated carbocycles. The van der Waals surface area contributed by atoms with Gasteiger partial charge in [0.25, 0.3) is 0 Å². The number of carboxylic acid groups (broad SMARTS) is 1. The molecule has 2 aliphatic carbocycles. The fourth-order valence-electron chi connectivity index (χ4n) is 2.10. The monoisotopic (exact) mass is 211 g/mol. The first-order chi connectivity index (χ1) is 7.09. The van der Waals surface area contributed by atoms with Gasteiger partial charge in [-0.25, -0.2) is 0 Å². The second kappa shape index (κ2) is 3.83. The van der Waals surface area contributed by atoms with Crippen LogP contribution in [0.25, 0.3) is 0 Å². The Hall–Kier alpha value is -1.06. The smallest absolute Gasteiger partial charge is 0.325 e. The molecule has 4 nitrogen and oxygen atoms in total. The standard InChI is InChI=1S/C11H17NO3/c1-6(11(14)15)12-10(13)9(7-2-3-7)8-4-5-8/h6-9H,2-5H2,1H3,(H,12,13)(H,14,15)/t6-/m0/s1. The van der Waals surface area contributed by atoms with Crippen molar-refractivity contribution in [2.75, 3.05) is 0 Å². The van der Waals surface area contributed by atoms with Crippen molar-refractivity contribution in [2.45, 2.75) is 38.6 Å². The molecule has 1 atom stereocenters. The predicted molar refractivity (Wildman–Crippen MR) is 54.2 cm³/mol. The summed E-state index contributed by atoms with van der Waals surface area (Å²) in [5.74, 6) is 0.132. The van der Waals surface area contributed by atoms with E-state index in [1.54, 1.807) is 0 Å². The lowest BCUT2D eigenvalue weighted by atomic mass is 9.96. The molecular weight excluding hydrogens is 194 g/mol. The maximum Gasteiger partial charge on any atom is 0.325 e. The number of rotatable bonds is 5. The van der Waals surface area contributed by atoms with E-state index in [9.17, 15) is 9.59 Å². The van der Waals surface area contributed by atoms with Crippen LogP contribution in [0.4, 0.5) is 0 Å². The van der Waals surface area contributed by atoms with Crippen LogP contribution in [0.5, 0.6) is 0 Å². The van der Waals surface area contributed by atoms with Crippen molar-refractivity contribution in [3.63, 3.8) is 0 Å². The molecule has 84 valence electrons. The Morgan fingerprint density at radius 1 is 1.20 bits per heavy atom. The minimum Gasteiger partial charge on any atom is -0.480 e. The van der Waals surface area contributed by atoms with Gasteiger partial charge < -0.3 is 10.4 Å². The molecule has 0 aromatic rings. The predicted octanol–water partition coefficient (Wildman–Crippen LogP) is 1.01. The lowest BCUT2D eigenvalue weighted by Crippen LogP contribution is -2.42. The van der Waals surface area contributed by atoms with Crippen LogP contribution in [0, 0.1) is 17.8 Å². The van der Waals surface area contributed by atoms with Gasteiger partial charge in [0.15, 0.2) is 0 Å². The molecule has 1 amide bonds. The summed E-state index contributed by atoms with van der Waals surface area (Å²) in [5, 5.41) is 11.3. The zero-order valence-electron chi connectivity index (χ0n) is 8.90. The van der Waals surface area contributed by atoms with E-state index >= 15 is 0 Å². The molecule has 0 unspecified atom stereocenters. The summed E-state index contributed by atoms with van der Waals surface area (Å²) in [5.41, 5.74) is 0. The van der Waals surface area contributed by atoms with Gasteiger partial charge in [0, 0.05) is 5.92 Å². The van der Waals surface area contributed by atoms with Gasteiger partial charge in [-0.3, -0.25) is 9.59 Å². The van der Waals surface area contributed by atoms with E-state index in [0.29, 0.717) is 11.8 Å². The van der Waals surface area contributed by atoms with Crippen molar-refractivity contribution in [1.29, 1.82) is 0 Å². The van der Waals surface area contributed by atoms with E-state index in [0.717, 1.165) is 25.7 Å². The number of carboxylic acids is 1. The van der Waals surface area contributed by atoms with Gasteiger partial charge in [0.2, 0.25) is 5.91 Å². The molecule has 2 rings (SSSR count). The number of hydrogen-bond donors (Lipinski definition) is 2. The van der Waals surface area contributed by atoms with Crippen molar-refractivity contribution in [2.24, 2.45) is 17.8 Å². The fraction of sp³-hybridized carbons (Fsp3) is 0.818. The first-order valence-corrected chi connectivity index (χ1v) is 5.62. The topological polar surface area (TPSA) is 66.4 Å². The molecule has 2 aliphatic rings. The number of nitrogens with one attached hydrogen (secondary N) is 1. The highest BCUT2D eigenvalue weighted by Gasteiger charge is 2.45. The van der Waals surface area contributed by atoms with Crippen molar-refractivity contribution < 1.29 is 14.7 Å². The second-order valence-electron chi connectivity index (χ2n) is 4.77. The minimum atomic E-state index is -0.964. The summed E-state index contributed by atoms with van der Waals surface area (Å²) in [4.78, 5) is 22.5. The molecule has 0 aromatic carbocycles. The normalized spacial score (nSPS) is 22.5. The van der Waals surface area contributed by atoms with Crippen LogP contribution in [-0.4, -0.2) is 23.0 Å². The third-order valence-corrected chi connectivity index (χ3v) is 3.29.